The molecule has 0 spiro atoms. The van der Waals surface area contributed by atoms with Gasteiger partial charge in [0.15, 0.2) is 0 Å². The van der Waals surface area contributed by atoms with Crippen LogP contribution in [-0.4, -0.2) is 17.7 Å². The summed E-state index contributed by atoms with van der Waals surface area (Å²) < 4.78 is 0. The topological polar surface area (TPSA) is 38.0 Å². The standard InChI is InChI=1S/C31H61N2P/c1-7-9-10-11-12-13-14-18-21-28(32)22-19-16-15-17-20-26(5)34-31(8-2)29-23-24-30(27(29)6)33-25(3)4/h27-31,33-34H,3,5,7-24,32H2,1-2,4,6H3. The van der Waals surface area contributed by atoms with Crippen molar-refractivity contribution in [2.24, 2.45) is 17.6 Å². The van der Waals surface area contributed by atoms with E-state index in [0.717, 1.165) is 31.8 Å². The molecule has 1 aliphatic carbocycles. The van der Waals surface area contributed by atoms with Gasteiger partial charge in [0.2, 0.25) is 0 Å². The van der Waals surface area contributed by atoms with E-state index in [-0.39, 0.29) is 0 Å². The van der Waals surface area contributed by atoms with Crippen LogP contribution in [0.1, 0.15) is 143 Å². The molecule has 3 N–H and O–H groups in total. The van der Waals surface area contributed by atoms with Gasteiger partial charge in [0.05, 0.1) is 0 Å². The molecule has 2 nitrogen and oxygen atoms in total. The highest BCUT2D eigenvalue weighted by molar-refractivity contribution is 7.43. The molecule has 0 aliphatic heterocycles. The molecule has 1 aliphatic rings. The summed E-state index contributed by atoms with van der Waals surface area (Å²) in [5, 5.41) is 5.13. The Labute approximate surface area is 216 Å². The summed E-state index contributed by atoms with van der Waals surface area (Å²) in [5.74, 6) is 1.59. The van der Waals surface area contributed by atoms with Gasteiger partial charge in [-0.1, -0.05) is 118 Å². The van der Waals surface area contributed by atoms with Crippen molar-refractivity contribution in [1.82, 2.24) is 5.32 Å². The van der Waals surface area contributed by atoms with E-state index in [1.807, 2.05) is 0 Å². The Bertz CT molecular complexity index is 532. The summed E-state index contributed by atoms with van der Waals surface area (Å²) >= 11 is 0. The molecular formula is C31H61N2P. The molecule has 0 saturated heterocycles. The highest BCUT2D eigenvalue weighted by Gasteiger charge is 2.36. The third-order valence-corrected chi connectivity index (χ3v) is 10.00. The van der Waals surface area contributed by atoms with Gasteiger partial charge in [0, 0.05) is 17.8 Å². The zero-order valence-electron chi connectivity index (χ0n) is 23.6. The molecule has 6 unspecified atom stereocenters. The number of hydrogen-bond donors (Lipinski definition) is 2. The highest BCUT2D eigenvalue weighted by Crippen LogP contribution is 2.46. The molecule has 34 heavy (non-hydrogen) atoms. The lowest BCUT2D eigenvalue weighted by Crippen LogP contribution is -2.33. The first-order valence-corrected chi connectivity index (χ1v) is 16.1. The molecular weight excluding hydrogens is 431 g/mol. The lowest BCUT2D eigenvalue weighted by atomic mass is 9.91. The minimum Gasteiger partial charge on any atom is -0.386 e. The second kappa shape index (κ2) is 19.8. The quantitative estimate of drug-likeness (QED) is 0.117. The van der Waals surface area contributed by atoms with E-state index in [1.165, 1.54) is 121 Å². The van der Waals surface area contributed by atoms with Gasteiger partial charge in [-0.2, -0.15) is 0 Å². The van der Waals surface area contributed by atoms with Crippen LogP contribution in [0.15, 0.2) is 24.2 Å². The fourth-order valence-corrected chi connectivity index (χ4v) is 7.65. The van der Waals surface area contributed by atoms with E-state index in [4.69, 9.17) is 5.73 Å². The average Bonchev–Trinajstić information content (AvgIpc) is 3.15. The second-order valence-corrected chi connectivity index (χ2v) is 13.1. The summed E-state index contributed by atoms with van der Waals surface area (Å²) in [6.45, 7) is 17.8. The number of unbranched alkanes of at least 4 members (excludes halogenated alkanes) is 10. The van der Waals surface area contributed by atoms with E-state index in [9.17, 15) is 0 Å². The maximum atomic E-state index is 6.37. The van der Waals surface area contributed by atoms with Crippen LogP contribution in [0, 0.1) is 11.8 Å². The number of allylic oxidation sites excluding steroid dienone is 2. The fourth-order valence-electron chi connectivity index (χ4n) is 5.91. The Kier molecular flexibility index (Phi) is 18.5. The molecule has 0 amide bonds. The van der Waals surface area contributed by atoms with Crippen LogP contribution in [0.3, 0.4) is 0 Å². The fraction of sp³-hybridized carbons (Fsp3) is 0.871. The van der Waals surface area contributed by atoms with E-state index in [2.05, 4.69) is 46.2 Å². The first kappa shape index (κ1) is 31.7. The predicted octanol–water partition coefficient (Wildman–Crippen LogP) is 9.69. The van der Waals surface area contributed by atoms with E-state index in [1.54, 1.807) is 0 Å². The van der Waals surface area contributed by atoms with Crippen molar-refractivity contribution < 1.29 is 0 Å². The molecule has 1 saturated carbocycles. The van der Waals surface area contributed by atoms with Gasteiger partial charge in [-0.25, -0.2) is 0 Å². The van der Waals surface area contributed by atoms with E-state index >= 15 is 0 Å². The van der Waals surface area contributed by atoms with Gasteiger partial charge < -0.3 is 11.1 Å². The molecule has 0 aromatic carbocycles. The first-order chi connectivity index (χ1) is 16.4. The molecule has 0 radical (unpaired) electrons. The van der Waals surface area contributed by atoms with E-state index < -0.39 is 0 Å². The number of nitrogens with one attached hydrogen (secondary N) is 1. The third kappa shape index (κ3) is 14.3. The minimum absolute atomic E-state index is 0.429. The van der Waals surface area contributed by atoms with Gasteiger partial charge in [-0.05, 0) is 69.4 Å². The van der Waals surface area contributed by atoms with Crippen LogP contribution < -0.4 is 11.1 Å². The summed E-state index contributed by atoms with van der Waals surface area (Å²) in [5.41, 5.74) is 8.32. The maximum absolute atomic E-state index is 6.37. The molecule has 0 aromatic rings. The zero-order valence-corrected chi connectivity index (χ0v) is 24.6. The minimum atomic E-state index is 0.429. The van der Waals surface area contributed by atoms with Gasteiger partial charge in [-0.3, -0.25) is 0 Å². The van der Waals surface area contributed by atoms with Crippen LogP contribution in [0.25, 0.3) is 0 Å². The normalized spacial score (nSPS) is 22.3. The molecule has 0 bridgehead atoms. The monoisotopic (exact) mass is 492 g/mol. The summed E-state index contributed by atoms with van der Waals surface area (Å²) in [6.07, 6.45) is 24.1. The molecule has 200 valence electrons. The van der Waals surface area contributed by atoms with Gasteiger partial charge in [0.1, 0.15) is 0 Å². The van der Waals surface area contributed by atoms with Crippen molar-refractivity contribution in [2.45, 2.75) is 161 Å². The molecule has 0 heterocycles. The highest BCUT2D eigenvalue weighted by atomic mass is 31.1. The summed E-state index contributed by atoms with van der Waals surface area (Å²) in [4.78, 5) is 0. The number of nitrogens with two attached hydrogens (primary N) is 1. The first-order valence-electron chi connectivity index (χ1n) is 15.0. The van der Waals surface area contributed by atoms with Gasteiger partial charge in [0.25, 0.3) is 0 Å². The van der Waals surface area contributed by atoms with Crippen molar-refractivity contribution in [3.63, 3.8) is 0 Å². The van der Waals surface area contributed by atoms with E-state index in [0.29, 0.717) is 12.1 Å². The number of hydrogen-bond acceptors (Lipinski definition) is 2. The van der Waals surface area contributed by atoms with Gasteiger partial charge >= 0.3 is 0 Å². The molecule has 1 rings (SSSR count). The SMILES string of the molecule is C=C(C)NC1CCC(C(CC)PC(=C)CCCCCCC(N)CCCCCCCCCC)C1C. The predicted molar refractivity (Wildman–Crippen MR) is 158 cm³/mol. The van der Waals surface area contributed by atoms with Crippen LogP contribution in [0.2, 0.25) is 0 Å². The Morgan fingerprint density at radius 1 is 0.882 bits per heavy atom. The number of rotatable bonds is 22. The molecule has 6 atom stereocenters. The lowest BCUT2D eigenvalue weighted by Gasteiger charge is -2.29. The average molecular weight is 493 g/mol. The van der Waals surface area contributed by atoms with Crippen molar-refractivity contribution in [3.05, 3.63) is 24.2 Å². The van der Waals surface area contributed by atoms with Crippen LogP contribution in [0.4, 0.5) is 0 Å². The second-order valence-electron chi connectivity index (χ2n) is 11.4. The van der Waals surface area contributed by atoms with Crippen LogP contribution in [0.5, 0.6) is 0 Å². The summed E-state index contributed by atoms with van der Waals surface area (Å²) in [7, 11) is 0.945. The largest absolute Gasteiger partial charge is 0.386 e. The molecule has 3 heteroatoms. The Balaban J connectivity index is 2.06. The Morgan fingerprint density at radius 3 is 2.00 bits per heavy atom. The van der Waals surface area contributed by atoms with Crippen LogP contribution >= 0.6 is 8.58 Å². The Hall–Kier alpha value is -0.330. The Morgan fingerprint density at radius 2 is 1.44 bits per heavy atom. The van der Waals surface area contributed by atoms with Crippen molar-refractivity contribution in [2.75, 3.05) is 0 Å². The van der Waals surface area contributed by atoms with Gasteiger partial charge in [-0.15, -0.1) is 0 Å². The van der Waals surface area contributed by atoms with Crippen molar-refractivity contribution in [3.8, 4) is 0 Å². The molecule has 1 fully saturated rings. The zero-order chi connectivity index (χ0) is 25.2. The lowest BCUT2D eigenvalue weighted by molar-refractivity contribution is 0.353. The van der Waals surface area contributed by atoms with Crippen LogP contribution in [-0.2, 0) is 0 Å². The smallest absolute Gasteiger partial charge is 0.0286 e. The van der Waals surface area contributed by atoms with Crippen molar-refractivity contribution in [1.29, 1.82) is 0 Å². The maximum Gasteiger partial charge on any atom is 0.0286 e. The van der Waals surface area contributed by atoms with Crippen molar-refractivity contribution >= 4 is 8.58 Å². The summed E-state index contributed by atoms with van der Waals surface area (Å²) in [6, 6.07) is 1.05. The molecule has 0 aromatic heterocycles. The third-order valence-electron chi connectivity index (χ3n) is 8.13.